The summed E-state index contributed by atoms with van der Waals surface area (Å²) in [6.07, 6.45) is 6.22. The number of rotatable bonds is 4. The molecule has 2 heterocycles. The number of hydrazine groups is 1. The molecule has 1 amide bonds. The van der Waals surface area contributed by atoms with Crippen LogP contribution in [-0.4, -0.2) is 20.9 Å². The van der Waals surface area contributed by atoms with Crippen LogP contribution >= 0.6 is 0 Å². The molecule has 0 aliphatic carbocycles. The first-order valence-electron chi connectivity index (χ1n) is 5.04. The predicted octanol–water partition coefficient (Wildman–Crippen LogP) is 0.306. The van der Waals surface area contributed by atoms with Crippen LogP contribution in [0, 0.1) is 0 Å². The lowest BCUT2D eigenvalue weighted by Gasteiger charge is -2.05. The van der Waals surface area contributed by atoms with E-state index in [4.69, 9.17) is 0 Å². The molecule has 0 spiro atoms. The van der Waals surface area contributed by atoms with Crippen molar-refractivity contribution >= 4 is 5.91 Å². The molecule has 2 N–H and O–H groups in total. The van der Waals surface area contributed by atoms with Gasteiger partial charge in [0, 0.05) is 18.6 Å². The van der Waals surface area contributed by atoms with Gasteiger partial charge in [0.05, 0.1) is 17.8 Å². The minimum absolute atomic E-state index is 0.229. The fourth-order valence-corrected chi connectivity index (χ4v) is 1.21. The van der Waals surface area contributed by atoms with Crippen molar-refractivity contribution in [3.05, 3.63) is 54.4 Å². The van der Waals surface area contributed by atoms with E-state index in [2.05, 4.69) is 25.8 Å². The Balaban J connectivity index is 1.82. The van der Waals surface area contributed by atoms with Crippen molar-refractivity contribution in [2.45, 2.75) is 6.54 Å². The van der Waals surface area contributed by atoms with Gasteiger partial charge < -0.3 is 0 Å². The topological polar surface area (TPSA) is 79.8 Å². The van der Waals surface area contributed by atoms with Gasteiger partial charge in [0.2, 0.25) is 0 Å². The molecule has 0 aliphatic heterocycles. The molecule has 0 saturated carbocycles. The largest absolute Gasteiger partial charge is 0.287 e. The molecule has 0 atom stereocenters. The van der Waals surface area contributed by atoms with E-state index < -0.39 is 0 Å². The van der Waals surface area contributed by atoms with Gasteiger partial charge in [0.1, 0.15) is 6.33 Å². The molecule has 0 fully saturated rings. The highest BCUT2D eigenvalue weighted by Gasteiger charge is 2.03. The number of hydrogen-bond donors (Lipinski definition) is 2. The first-order chi connectivity index (χ1) is 8.36. The Bertz CT molecular complexity index is 474. The van der Waals surface area contributed by atoms with Crippen LogP contribution < -0.4 is 10.9 Å². The third-order valence-corrected chi connectivity index (χ3v) is 2.04. The minimum Gasteiger partial charge on any atom is -0.287 e. The highest BCUT2D eigenvalue weighted by Crippen LogP contribution is 1.94. The Morgan fingerprint density at radius 2 is 2.18 bits per heavy atom. The smallest absolute Gasteiger partial charge is 0.266 e. The summed E-state index contributed by atoms with van der Waals surface area (Å²) < 4.78 is 0. The number of amides is 1. The Morgan fingerprint density at radius 3 is 2.88 bits per heavy atom. The fraction of sp³-hybridized carbons (Fsp3) is 0.0909. The molecule has 2 rings (SSSR count). The number of carbonyl (C=O) groups is 1. The second-order valence-corrected chi connectivity index (χ2v) is 3.25. The maximum Gasteiger partial charge on any atom is 0.266 e. The Morgan fingerprint density at radius 1 is 1.24 bits per heavy atom. The first kappa shape index (κ1) is 11.2. The van der Waals surface area contributed by atoms with Crippen molar-refractivity contribution in [1.82, 2.24) is 25.8 Å². The maximum absolute atomic E-state index is 11.6. The molecule has 2 aromatic heterocycles. The lowest BCUT2D eigenvalue weighted by molar-refractivity contribution is 0.0931. The fourth-order valence-electron chi connectivity index (χ4n) is 1.21. The molecule has 0 aromatic carbocycles. The van der Waals surface area contributed by atoms with Gasteiger partial charge in [-0.2, -0.15) is 0 Å². The van der Waals surface area contributed by atoms with Gasteiger partial charge in [-0.25, -0.2) is 15.4 Å². The van der Waals surface area contributed by atoms with Crippen LogP contribution in [0.2, 0.25) is 0 Å². The highest BCUT2D eigenvalue weighted by atomic mass is 16.2. The van der Waals surface area contributed by atoms with Crippen molar-refractivity contribution in [2.24, 2.45) is 0 Å². The number of aromatic nitrogens is 3. The monoisotopic (exact) mass is 229 g/mol. The Labute approximate surface area is 98.1 Å². The molecule has 6 nitrogen and oxygen atoms in total. The van der Waals surface area contributed by atoms with Crippen molar-refractivity contribution in [3.8, 4) is 0 Å². The van der Waals surface area contributed by atoms with Gasteiger partial charge in [-0.05, 0) is 18.2 Å². The number of carbonyl (C=O) groups excluding carboxylic acids is 1. The molecule has 0 saturated heterocycles. The van der Waals surface area contributed by atoms with Crippen molar-refractivity contribution in [1.29, 1.82) is 0 Å². The quantitative estimate of drug-likeness (QED) is 0.737. The highest BCUT2D eigenvalue weighted by molar-refractivity contribution is 5.93. The van der Waals surface area contributed by atoms with E-state index in [1.54, 1.807) is 30.6 Å². The van der Waals surface area contributed by atoms with Gasteiger partial charge >= 0.3 is 0 Å². The van der Waals surface area contributed by atoms with Crippen LogP contribution in [0.15, 0.2) is 43.1 Å². The summed E-state index contributed by atoms with van der Waals surface area (Å²) in [6.45, 7) is 0.439. The summed E-state index contributed by atoms with van der Waals surface area (Å²) in [6, 6.07) is 5.16. The molecule has 0 aliphatic rings. The van der Waals surface area contributed by atoms with E-state index in [0.29, 0.717) is 12.1 Å². The SMILES string of the molecule is O=C(NNCc1ccncn1)c1cccnc1. The third-order valence-electron chi connectivity index (χ3n) is 2.04. The first-order valence-corrected chi connectivity index (χ1v) is 5.04. The van der Waals surface area contributed by atoms with E-state index in [1.807, 2.05) is 0 Å². The van der Waals surface area contributed by atoms with Crippen molar-refractivity contribution in [2.75, 3.05) is 0 Å². The molecule has 17 heavy (non-hydrogen) atoms. The van der Waals surface area contributed by atoms with Crippen molar-refractivity contribution < 1.29 is 4.79 Å². The lowest BCUT2D eigenvalue weighted by atomic mass is 10.3. The summed E-state index contributed by atoms with van der Waals surface area (Å²) >= 11 is 0. The number of nitrogens with one attached hydrogen (secondary N) is 2. The second-order valence-electron chi connectivity index (χ2n) is 3.25. The second kappa shape index (κ2) is 5.66. The summed E-state index contributed by atoms with van der Waals surface area (Å²) in [7, 11) is 0. The number of nitrogens with zero attached hydrogens (tertiary/aromatic N) is 3. The molecular weight excluding hydrogens is 218 g/mol. The minimum atomic E-state index is -0.229. The Kier molecular flexibility index (Phi) is 3.72. The van der Waals surface area contributed by atoms with E-state index in [0.717, 1.165) is 5.69 Å². The average Bonchev–Trinajstić information content (AvgIpc) is 2.41. The van der Waals surface area contributed by atoms with E-state index in [-0.39, 0.29) is 5.91 Å². The van der Waals surface area contributed by atoms with Gasteiger partial charge in [-0.15, -0.1) is 0 Å². The van der Waals surface area contributed by atoms with Crippen LogP contribution in [0.3, 0.4) is 0 Å². The van der Waals surface area contributed by atoms with Gasteiger partial charge in [0.15, 0.2) is 0 Å². The number of hydrogen-bond acceptors (Lipinski definition) is 5. The van der Waals surface area contributed by atoms with Crippen LogP contribution in [0.1, 0.15) is 16.1 Å². The molecule has 6 heteroatoms. The molecule has 0 bridgehead atoms. The summed E-state index contributed by atoms with van der Waals surface area (Å²) in [5.74, 6) is -0.229. The summed E-state index contributed by atoms with van der Waals surface area (Å²) in [5, 5.41) is 0. The van der Waals surface area contributed by atoms with Crippen LogP contribution in [-0.2, 0) is 6.54 Å². The van der Waals surface area contributed by atoms with Crippen LogP contribution in [0.4, 0.5) is 0 Å². The van der Waals surface area contributed by atoms with Crippen LogP contribution in [0.5, 0.6) is 0 Å². The predicted molar refractivity (Wildman–Crippen MR) is 60.6 cm³/mol. The summed E-state index contributed by atoms with van der Waals surface area (Å²) in [5.41, 5.74) is 6.64. The van der Waals surface area contributed by atoms with Gasteiger partial charge in [-0.1, -0.05) is 0 Å². The average molecular weight is 229 g/mol. The van der Waals surface area contributed by atoms with Gasteiger partial charge in [0.25, 0.3) is 5.91 Å². The molecule has 86 valence electrons. The maximum atomic E-state index is 11.6. The summed E-state index contributed by atoms with van der Waals surface area (Å²) in [4.78, 5) is 23.3. The molecule has 0 unspecified atom stereocenters. The normalized spacial score (nSPS) is 9.88. The molecule has 2 aromatic rings. The molecule has 0 radical (unpaired) electrons. The van der Waals surface area contributed by atoms with Crippen LogP contribution in [0.25, 0.3) is 0 Å². The Hall–Kier alpha value is -2.34. The standard InChI is InChI=1S/C11H11N5O/c17-11(9-2-1-4-12-6-9)16-15-7-10-3-5-13-8-14-10/h1-6,8,15H,7H2,(H,16,17). The third kappa shape index (κ3) is 3.32. The van der Waals surface area contributed by atoms with Gasteiger partial charge in [-0.3, -0.25) is 15.2 Å². The zero-order valence-electron chi connectivity index (χ0n) is 9.00. The van der Waals surface area contributed by atoms with E-state index in [1.165, 1.54) is 12.5 Å². The molecular formula is C11H11N5O. The van der Waals surface area contributed by atoms with Crippen molar-refractivity contribution in [3.63, 3.8) is 0 Å². The zero-order chi connectivity index (χ0) is 11.9. The van der Waals surface area contributed by atoms with E-state index in [9.17, 15) is 4.79 Å². The van der Waals surface area contributed by atoms with E-state index >= 15 is 0 Å². The lowest BCUT2D eigenvalue weighted by Crippen LogP contribution is -2.37. The number of pyridine rings is 1. The zero-order valence-corrected chi connectivity index (χ0v) is 9.00.